The number of aromatic nitrogens is 3. The third-order valence-electron chi connectivity index (χ3n) is 10.8. The Balaban J connectivity index is 1.17. The van der Waals surface area contributed by atoms with E-state index in [1.807, 2.05) is 36.4 Å². The average molecular weight is 764 g/mol. The fourth-order valence-corrected chi connectivity index (χ4v) is 10.8. The number of halogens is 1. The van der Waals surface area contributed by atoms with Gasteiger partial charge in [0.1, 0.15) is 0 Å². The van der Waals surface area contributed by atoms with Crippen molar-refractivity contribution in [1.29, 1.82) is 0 Å². The number of benzene rings is 4. The monoisotopic (exact) mass is 763 g/mol. The molecular weight excluding hydrogens is 722 g/mol. The van der Waals surface area contributed by atoms with Crippen molar-refractivity contribution in [2.75, 3.05) is 22.6 Å². The number of non-ortho nitro benzene ring substituents is 1. The first-order valence-corrected chi connectivity index (χ1v) is 21.0. The van der Waals surface area contributed by atoms with Crippen LogP contribution in [0.15, 0.2) is 103 Å². The smallest absolute Gasteiger partial charge is 0.269 e. The largest absolute Gasteiger partial charge is 0.399 e. The van der Waals surface area contributed by atoms with Gasteiger partial charge in [-0.3, -0.25) is 24.4 Å². The molecule has 1 saturated heterocycles. The van der Waals surface area contributed by atoms with Gasteiger partial charge in [-0.05, 0) is 73.1 Å². The maximum absolute atomic E-state index is 16.5. The van der Waals surface area contributed by atoms with Gasteiger partial charge in [0.15, 0.2) is 5.60 Å². The van der Waals surface area contributed by atoms with Gasteiger partial charge in [0.2, 0.25) is 8.41 Å². The van der Waals surface area contributed by atoms with Crippen molar-refractivity contribution in [3.8, 4) is 0 Å². The number of amides is 2. The highest BCUT2D eigenvalue weighted by Crippen LogP contribution is 2.60. The second kappa shape index (κ2) is 14.8. The lowest BCUT2D eigenvalue weighted by molar-refractivity contribution is -0.385. The highest BCUT2D eigenvalue weighted by atomic mass is 28.4. The van der Waals surface area contributed by atoms with Crippen LogP contribution in [0.3, 0.4) is 0 Å². The molecule has 1 fully saturated rings. The summed E-state index contributed by atoms with van der Waals surface area (Å²) in [4.78, 5) is 40.9. The number of carbonyl (C=O) groups excluding carboxylic acids is 2. The molecule has 2 amide bonds. The molecule has 3 heterocycles. The number of hydrogen-bond acceptors (Lipinski definition) is 9. The molecule has 15 heteroatoms. The first-order chi connectivity index (χ1) is 26.3. The Bertz CT molecular complexity index is 2230. The third kappa shape index (κ3) is 7.13. The Kier molecular flexibility index (Phi) is 10.1. The topological polar surface area (TPSA) is 179 Å². The molecule has 13 nitrogen and oxygen atoms in total. The highest BCUT2D eigenvalue weighted by molar-refractivity contribution is 6.72. The Hall–Kier alpha value is -5.77. The number of nitro benzene ring substituents is 1. The number of nitrogens with one attached hydrogen (secondary N) is 1. The zero-order chi connectivity index (χ0) is 39.1. The molecular formula is C40H42FN7O6Si. The molecule has 0 saturated carbocycles. The van der Waals surface area contributed by atoms with Gasteiger partial charge >= 0.3 is 0 Å². The molecule has 1 aromatic heterocycles. The molecule has 1 spiro atoms. The SMILES string of the molecule is C[C@@H]1[C@@H]([Si](C)(C)F)[C@H](CCn2cc(C(CO)c3ccccc3)nn2)O[C@@]12C(=O)N(Cc1cccc(NC(=O)c3ccc(N)cc3)c1)c1ccc([N+](=O)[O-])cc12. The molecule has 2 aliphatic rings. The minimum absolute atomic E-state index is 0.0635. The van der Waals surface area contributed by atoms with Crippen molar-refractivity contribution in [2.45, 2.75) is 62.7 Å². The summed E-state index contributed by atoms with van der Waals surface area (Å²) in [5, 5.41) is 33.7. The van der Waals surface area contributed by atoms with Crippen LogP contribution in [0.25, 0.3) is 0 Å². The lowest BCUT2D eigenvalue weighted by Crippen LogP contribution is -2.45. The van der Waals surface area contributed by atoms with Gasteiger partial charge in [0, 0.05) is 58.8 Å². The molecule has 2 aliphatic heterocycles. The summed E-state index contributed by atoms with van der Waals surface area (Å²) in [5.74, 6) is -1.81. The lowest BCUT2D eigenvalue weighted by Gasteiger charge is -2.31. The van der Waals surface area contributed by atoms with E-state index in [-0.39, 0.29) is 30.7 Å². The quantitative estimate of drug-likeness (QED) is 0.0418. The standard InChI is InChI=1S/C40H42FN7O6Si/c1-25-37(55(2,3)41)36(18-19-46-23-34(44-45-46)32(24-49)27-9-5-4-6-10-27)54-40(25)33-21-31(48(52)53)16-17-35(33)47(39(40)51)22-26-8-7-11-30(20-26)43-38(50)28-12-14-29(42)15-13-28/h4-17,20-21,23,25,32,36-37,49H,18-19,22,24,42H2,1-3H3,(H,43,50)/t25-,32?,36+,37-,40+/m1/s1. The zero-order valence-corrected chi connectivity index (χ0v) is 31.6. The Morgan fingerprint density at radius 2 is 1.84 bits per heavy atom. The molecule has 55 heavy (non-hydrogen) atoms. The van der Waals surface area contributed by atoms with E-state index in [2.05, 4.69) is 15.6 Å². The lowest BCUT2D eigenvalue weighted by atomic mass is 9.82. The number of nitrogens with two attached hydrogens (primary N) is 1. The van der Waals surface area contributed by atoms with Crippen molar-refractivity contribution >= 4 is 43.0 Å². The van der Waals surface area contributed by atoms with Crippen molar-refractivity contribution in [2.24, 2.45) is 5.92 Å². The van der Waals surface area contributed by atoms with Crippen molar-refractivity contribution in [3.63, 3.8) is 0 Å². The summed E-state index contributed by atoms with van der Waals surface area (Å²) in [7, 11) is -3.54. The number of rotatable bonds is 12. The summed E-state index contributed by atoms with van der Waals surface area (Å²) in [6.07, 6.45) is 1.32. The zero-order valence-electron chi connectivity index (χ0n) is 30.6. The van der Waals surface area contributed by atoms with Crippen LogP contribution in [0, 0.1) is 16.0 Å². The van der Waals surface area contributed by atoms with E-state index in [9.17, 15) is 24.8 Å². The van der Waals surface area contributed by atoms with Crippen LogP contribution >= 0.6 is 0 Å². The molecule has 7 rings (SSSR count). The van der Waals surface area contributed by atoms with Crippen molar-refractivity contribution in [3.05, 3.63) is 141 Å². The number of fused-ring (bicyclic) bond motifs is 2. The number of nitro groups is 1. The predicted octanol–water partition coefficient (Wildman–Crippen LogP) is 6.56. The van der Waals surface area contributed by atoms with Gasteiger partial charge in [-0.25, -0.2) is 0 Å². The second-order valence-corrected chi connectivity index (χ2v) is 18.5. The summed E-state index contributed by atoms with van der Waals surface area (Å²) < 4.78 is 24.9. The van der Waals surface area contributed by atoms with Crippen LogP contribution in [0.5, 0.6) is 0 Å². The second-order valence-electron chi connectivity index (χ2n) is 14.7. The first-order valence-electron chi connectivity index (χ1n) is 18.1. The van der Waals surface area contributed by atoms with Gasteiger partial charge < -0.3 is 29.9 Å². The summed E-state index contributed by atoms with van der Waals surface area (Å²) in [6, 6.07) is 27.4. The highest BCUT2D eigenvalue weighted by Gasteiger charge is 2.67. The maximum Gasteiger partial charge on any atom is 0.269 e. The summed E-state index contributed by atoms with van der Waals surface area (Å²) >= 11 is 0. The number of aliphatic hydroxyl groups is 1. The van der Waals surface area contributed by atoms with E-state index < -0.39 is 42.4 Å². The van der Waals surface area contributed by atoms with E-state index in [0.717, 1.165) is 5.56 Å². The van der Waals surface area contributed by atoms with E-state index >= 15 is 4.11 Å². The minimum atomic E-state index is -3.54. The van der Waals surface area contributed by atoms with E-state index in [4.69, 9.17) is 10.5 Å². The Labute approximate surface area is 318 Å². The van der Waals surface area contributed by atoms with E-state index in [0.29, 0.717) is 52.4 Å². The van der Waals surface area contributed by atoms with Gasteiger partial charge in [-0.1, -0.05) is 54.6 Å². The molecule has 5 atom stereocenters. The van der Waals surface area contributed by atoms with Crippen LogP contribution in [0.2, 0.25) is 18.6 Å². The van der Waals surface area contributed by atoms with Crippen LogP contribution in [-0.2, 0) is 28.2 Å². The van der Waals surface area contributed by atoms with Crippen molar-refractivity contribution < 1.29 is 28.5 Å². The van der Waals surface area contributed by atoms with E-state index in [1.165, 1.54) is 17.0 Å². The van der Waals surface area contributed by atoms with Gasteiger partial charge in [-0.2, -0.15) is 0 Å². The van der Waals surface area contributed by atoms with Gasteiger partial charge in [0.25, 0.3) is 17.5 Å². The number of carbonyl (C=O) groups is 2. The average Bonchev–Trinajstić information content (AvgIpc) is 3.82. The summed E-state index contributed by atoms with van der Waals surface area (Å²) in [6.45, 7) is 5.19. The number of nitrogens with zero attached hydrogens (tertiary/aromatic N) is 5. The number of ether oxygens (including phenoxy) is 1. The molecule has 1 unspecified atom stereocenters. The number of anilines is 3. The molecule has 5 aromatic rings. The molecule has 4 aromatic carbocycles. The number of aliphatic hydroxyl groups excluding tert-OH is 1. The molecule has 284 valence electrons. The van der Waals surface area contributed by atoms with Crippen LogP contribution in [0.4, 0.5) is 26.9 Å². The Morgan fingerprint density at radius 1 is 1.09 bits per heavy atom. The molecule has 0 bridgehead atoms. The van der Waals surface area contributed by atoms with Crippen LogP contribution < -0.4 is 16.0 Å². The predicted molar refractivity (Wildman–Crippen MR) is 208 cm³/mol. The summed E-state index contributed by atoms with van der Waals surface area (Å²) in [5.41, 5.74) is 7.62. The minimum Gasteiger partial charge on any atom is -0.399 e. The third-order valence-corrected chi connectivity index (χ3v) is 13.3. The molecule has 0 aliphatic carbocycles. The normalized spacial score (nSPS) is 21.1. The number of nitrogen functional groups attached to an aromatic ring is 1. The van der Waals surface area contributed by atoms with Crippen LogP contribution in [0.1, 0.15) is 52.0 Å². The van der Waals surface area contributed by atoms with Crippen molar-refractivity contribution in [1.82, 2.24) is 15.0 Å². The molecule has 0 radical (unpaired) electrons. The van der Waals surface area contributed by atoms with E-state index in [1.54, 1.807) is 79.4 Å². The molecule has 4 N–H and O–H groups in total. The number of aryl methyl sites for hydroxylation is 1. The first kappa shape index (κ1) is 37.5. The Morgan fingerprint density at radius 3 is 2.53 bits per heavy atom. The maximum atomic E-state index is 16.5. The van der Waals surface area contributed by atoms with Gasteiger partial charge in [-0.15, -0.1) is 5.10 Å². The fourth-order valence-electron chi connectivity index (χ4n) is 8.24. The fraction of sp³-hybridized carbons (Fsp3) is 0.300. The number of hydrogen-bond donors (Lipinski definition) is 3. The van der Waals surface area contributed by atoms with Crippen LogP contribution in [-0.4, -0.2) is 58.0 Å². The van der Waals surface area contributed by atoms with Gasteiger partial charge in [0.05, 0.1) is 41.5 Å².